The highest BCUT2D eigenvalue weighted by Gasteiger charge is 2.10. The van der Waals surface area contributed by atoms with Crippen LogP contribution in [0, 0.1) is 5.82 Å². The van der Waals surface area contributed by atoms with E-state index in [4.69, 9.17) is 0 Å². The normalized spacial score (nSPS) is 10.4. The number of halogens is 1. The first-order valence-electron chi connectivity index (χ1n) is 8.86. The first-order chi connectivity index (χ1) is 13.2. The van der Waals surface area contributed by atoms with Crippen molar-refractivity contribution in [3.63, 3.8) is 0 Å². The van der Waals surface area contributed by atoms with E-state index in [-0.39, 0.29) is 11.7 Å². The topological polar surface area (TPSA) is 66.9 Å². The van der Waals surface area contributed by atoms with Crippen molar-refractivity contribution in [1.82, 2.24) is 9.97 Å². The molecule has 27 heavy (non-hydrogen) atoms. The quantitative estimate of drug-likeness (QED) is 0.663. The largest absolute Gasteiger partial charge is 0.354 e. The number of rotatable bonds is 7. The molecule has 0 spiro atoms. The highest BCUT2D eigenvalue weighted by atomic mass is 19.1. The fraction of sp³-hybridized carbons (Fsp3) is 0.190. The number of aryl methyl sites for hydroxylation is 1. The van der Waals surface area contributed by atoms with Crippen molar-refractivity contribution < 1.29 is 9.18 Å². The molecule has 3 rings (SSSR count). The predicted octanol–water partition coefficient (Wildman–Crippen LogP) is 4.09. The number of hydrogen-bond donors (Lipinski definition) is 2. The molecule has 3 aromatic rings. The summed E-state index contributed by atoms with van der Waals surface area (Å²) in [4.78, 5) is 20.7. The van der Waals surface area contributed by atoms with Gasteiger partial charge in [0.05, 0.1) is 5.56 Å². The summed E-state index contributed by atoms with van der Waals surface area (Å²) in [6.07, 6.45) is 4.30. The van der Waals surface area contributed by atoms with Gasteiger partial charge >= 0.3 is 0 Å². The first-order valence-corrected chi connectivity index (χ1v) is 8.86. The van der Waals surface area contributed by atoms with Crippen molar-refractivity contribution in [3.05, 3.63) is 83.4 Å². The number of para-hydroxylation sites is 1. The van der Waals surface area contributed by atoms with Crippen LogP contribution in [0.15, 0.2) is 60.9 Å². The third-order valence-corrected chi connectivity index (χ3v) is 4.20. The summed E-state index contributed by atoms with van der Waals surface area (Å²) < 4.78 is 13.6. The SMILES string of the molecule is CCc1ccccc1NC(=O)c1cnc(NCCc2ccccc2F)nc1. The maximum atomic E-state index is 13.6. The van der Waals surface area contributed by atoms with E-state index in [0.717, 1.165) is 17.7 Å². The van der Waals surface area contributed by atoms with Gasteiger partial charge in [0.15, 0.2) is 0 Å². The van der Waals surface area contributed by atoms with Crippen LogP contribution in [-0.2, 0) is 12.8 Å². The van der Waals surface area contributed by atoms with E-state index >= 15 is 0 Å². The Morgan fingerprint density at radius 2 is 1.67 bits per heavy atom. The van der Waals surface area contributed by atoms with Crippen molar-refractivity contribution in [2.75, 3.05) is 17.2 Å². The lowest BCUT2D eigenvalue weighted by molar-refractivity contribution is 0.102. The molecule has 0 aliphatic heterocycles. The zero-order chi connectivity index (χ0) is 19.1. The lowest BCUT2D eigenvalue weighted by Crippen LogP contribution is -2.15. The van der Waals surface area contributed by atoms with Crippen LogP contribution in [0.5, 0.6) is 0 Å². The van der Waals surface area contributed by atoms with Crippen LogP contribution in [-0.4, -0.2) is 22.4 Å². The van der Waals surface area contributed by atoms with Crippen molar-refractivity contribution in [2.24, 2.45) is 0 Å². The molecule has 2 N–H and O–H groups in total. The average molecular weight is 364 g/mol. The molecule has 0 saturated heterocycles. The summed E-state index contributed by atoms with van der Waals surface area (Å²) in [7, 11) is 0. The summed E-state index contributed by atoms with van der Waals surface area (Å²) in [5.74, 6) is -0.0785. The number of carbonyl (C=O) groups excluding carboxylic acids is 1. The molecule has 1 amide bonds. The maximum Gasteiger partial charge on any atom is 0.258 e. The van der Waals surface area contributed by atoms with Gasteiger partial charge in [-0.2, -0.15) is 0 Å². The van der Waals surface area contributed by atoms with E-state index in [1.165, 1.54) is 18.5 Å². The van der Waals surface area contributed by atoms with E-state index in [9.17, 15) is 9.18 Å². The molecule has 1 heterocycles. The van der Waals surface area contributed by atoms with Gasteiger partial charge in [-0.3, -0.25) is 4.79 Å². The van der Waals surface area contributed by atoms with Gasteiger partial charge in [-0.25, -0.2) is 14.4 Å². The van der Waals surface area contributed by atoms with Gasteiger partial charge in [0.1, 0.15) is 5.82 Å². The molecular weight excluding hydrogens is 343 g/mol. The third kappa shape index (κ3) is 4.88. The fourth-order valence-corrected chi connectivity index (χ4v) is 2.69. The van der Waals surface area contributed by atoms with Gasteiger partial charge in [0, 0.05) is 24.6 Å². The Hall–Kier alpha value is -3.28. The molecule has 0 radical (unpaired) electrons. The second-order valence-corrected chi connectivity index (χ2v) is 6.03. The van der Waals surface area contributed by atoms with Crippen molar-refractivity contribution in [1.29, 1.82) is 0 Å². The number of nitrogens with one attached hydrogen (secondary N) is 2. The Labute approximate surface area is 157 Å². The minimum absolute atomic E-state index is 0.223. The van der Waals surface area contributed by atoms with Crippen molar-refractivity contribution in [2.45, 2.75) is 19.8 Å². The molecule has 138 valence electrons. The van der Waals surface area contributed by atoms with Crippen molar-refractivity contribution in [3.8, 4) is 0 Å². The maximum absolute atomic E-state index is 13.6. The molecule has 0 unspecified atom stereocenters. The van der Waals surface area contributed by atoms with Crippen LogP contribution < -0.4 is 10.6 Å². The smallest absolute Gasteiger partial charge is 0.258 e. The molecule has 0 fully saturated rings. The number of aromatic nitrogens is 2. The zero-order valence-corrected chi connectivity index (χ0v) is 15.1. The first kappa shape index (κ1) is 18.5. The van der Waals surface area contributed by atoms with E-state index < -0.39 is 0 Å². The predicted molar refractivity (Wildman–Crippen MR) is 104 cm³/mol. The molecule has 0 aliphatic rings. The Morgan fingerprint density at radius 1 is 1.00 bits per heavy atom. The highest BCUT2D eigenvalue weighted by molar-refractivity contribution is 6.04. The standard InChI is InChI=1S/C21H21FN4O/c1-2-15-7-4-6-10-19(15)26-20(27)17-13-24-21(25-14-17)23-12-11-16-8-3-5-9-18(16)22/h3-10,13-14H,2,11-12H2,1H3,(H,26,27)(H,23,24,25). The zero-order valence-electron chi connectivity index (χ0n) is 15.1. The Morgan fingerprint density at radius 3 is 2.37 bits per heavy atom. The Balaban J connectivity index is 1.56. The molecule has 0 atom stereocenters. The van der Waals surface area contributed by atoms with E-state index in [1.807, 2.05) is 31.2 Å². The average Bonchev–Trinajstić information content (AvgIpc) is 2.70. The van der Waals surface area contributed by atoms with Crippen LogP contribution in [0.1, 0.15) is 28.4 Å². The van der Waals surface area contributed by atoms with E-state index in [2.05, 4.69) is 20.6 Å². The van der Waals surface area contributed by atoms with Crippen LogP contribution in [0.4, 0.5) is 16.0 Å². The lowest BCUT2D eigenvalue weighted by atomic mass is 10.1. The van der Waals surface area contributed by atoms with Gasteiger partial charge in [-0.15, -0.1) is 0 Å². The Kier molecular flexibility index (Phi) is 6.10. The molecule has 0 saturated carbocycles. The number of nitrogens with zero attached hydrogens (tertiary/aromatic N) is 2. The van der Waals surface area contributed by atoms with Crippen LogP contribution >= 0.6 is 0 Å². The second-order valence-electron chi connectivity index (χ2n) is 6.03. The van der Waals surface area contributed by atoms with E-state index in [0.29, 0.717) is 30.0 Å². The highest BCUT2D eigenvalue weighted by Crippen LogP contribution is 2.16. The van der Waals surface area contributed by atoms with Gasteiger partial charge < -0.3 is 10.6 Å². The summed E-state index contributed by atoms with van der Waals surface area (Å²) in [6, 6.07) is 14.3. The van der Waals surface area contributed by atoms with Crippen LogP contribution in [0.2, 0.25) is 0 Å². The third-order valence-electron chi connectivity index (χ3n) is 4.20. The minimum Gasteiger partial charge on any atom is -0.354 e. The van der Waals surface area contributed by atoms with Gasteiger partial charge in [0.25, 0.3) is 5.91 Å². The summed E-state index contributed by atoms with van der Waals surface area (Å²) in [5.41, 5.74) is 2.87. The van der Waals surface area contributed by atoms with Crippen LogP contribution in [0.25, 0.3) is 0 Å². The molecule has 6 heteroatoms. The fourth-order valence-electron chi connectivity index (χ4n) is 2.69. The lowest BCUT2D eigenvalue weighted by Gasteiger charge is -2.10. The molecular formula is C21H21FN4O. The molecule has 5 nitrogen and oxygen atoms in total. The molecule has 2 aromatic carbocycles. The number of carbonyl (C=O) groups is 1. The number of benzene rings is 2. The van der Waals surface area contributed by atoms with Crippen molar-refractivity contribution >= 4 is 17.5 Å². The number of anilines is 2. The van der Waals surface area contributed by atoms with Gasteiger partial charge in [-0.1, -0.05) is 43.3 Å². The monoisotopic (exact) mass is 364 g/mol. The summed E-state index contributed by atoms with van der Waals surface area (Å²) in [6.45, 7) is 2.53. The van der Waals surface area contributed by atoms with E-state index in [1.54, 1.807) is 18.2 Å². The minimum atomic E-state index is -0.256. The molecule has 0 aliphatic carbocycles. The molecule has 0 bridgehead atoms. The molecule has 1 aromatic heterocycles. The summed E-state index contributed by atoms with van der Waals surface area (Å²) >= 11 is 0. The number of hydrogen-bond acceptors (Lipinski definition) is 4. The second kappa shape index (κ2) is 8.89. The van der Waals surface area contributed by atoms with Gasteiger partial charge in [-0.05, 0) is 36.1 Å². The Bertz CT molecular complexity index is 912. The summed E-state index contributed by atoms with van der Waals surface area (Å²) in [5, 5.41) is 5.92. The van der Waals surface area contributed by atoms with Gasteiger partial charge in [0.2, 0.25) is 5.95 Å². The van der Waals surface area contributed by atoms with Crippen LogP contribution in [0.3, 0.4) is 0 Å². The number of amides is 1.